The van der Waals surface area contributed by atoms with E-state index in [9.17, 15) is 9.90 Å². The Labute approximate surface area is 230 Å². The molecular formula is C30H29N7O3. The highest BCUT2D eigenvalue weighted by atomic mass is 16.5. The number of ether oxygens (including phenoxy) is 1. The molecule has 0 unspecified atom stereocenters. The van der Waals surface area contributed by atoms with E-state index in [2.05, 4.69) is 32.5 Å². The van der Waals surface area contributed by atoms with E-state index in [1.807, 2.05) is 35.9 Å². The average Bonchev–Trinajstić information content (AvgIpc) is 3.72. The third-order valence-electron chi connectivity index (χ3n) is 7.01. The van der Waals surface area contributed by atoms with E-state index in [0.717, 1.165) is 59.7 Å². The molecule has 1 aliphatic rings. The minimum absolute atomic E-state index is 0.0334. The van der Waals surface area contributed by atoms with Crippen LogP contribution in [0.3, 0.4) is 0 Å². The van der Waals surface area contributed by atoms with Gasteiger partial charge in [-0.1, -0.05) is 18.2 Å². The van der Waals surface area contributed by atoms with E-state index in [1.54, 1.807) is 24.3 Å². The Hall–Kier alpha value is -5.12. The Morgan fingerprint density at radius 3 is 2.67 bits per heavy atom. The number of phenols is 1. The summed E-state index contributed by atoms with van der Waals surface area (Å²) in [6.45, 7) is 3.93. The van der Waals surface area contributed by atoms with Gasteiger partial charge in [0.2, 0.25) is 0 Å². The molecule has 0 bridgehead atoms. The van der Waals surface area contributed by atoms with E-state index in [4.69, 9.17) is 14.8 Å². The molecule has 3 heterocycles. The first kappa shape index (κ1) is 25.2. The molecule has 1 amide bonds. The molecule has 0 saturated carbocycles. The number of rotatable bonds is 7. The van der Waals surface area contributed by atoms with Crippen LogP contribution in [0.1, 0.15) is 34.5 Å². The molecule has 1 saturated heterocycles. The summed E-state index contributed by atoms with van der Waals surface area (Å²) in [5.41, 5.74) is 8.00. The number of aromatic amines is 1. The lowest BCUT2D eigenvalue weighted by Gasteiger charge is -2.20. The van der Waals surface area contributed by atoms with Gasteiger partial charge in [-0.2, -0.15) is 10.2 Å². The number of anilines is 1. The molecular weight excluding hydrogens is 506 g/mol. The van der Waals surface area contributed by atoms with Crippen LogP contribution in [-0.2, 0) is 0 Å². The van der Waals surface area contributed by atoms with Crippen molar-refractivity contribution in [1.82, 2.24) is 25.2 Å². The lowest BCUT2D eigenvalue weighted by Crippen LogP contribution is -2.22. The smallest absolute Gasteiger partial charge is 0.271 e. The zero-order chi connectivity index (χ0) is 27.6. The maximum atomic E-state index is 12.8. The quantitative estimate of drug-likeness (QED) is 0.203. The molecule has 1 fully saturated rings. The Bertz CT molecular complexity index is 1720. The number of fused-ring (bicyclic) bond motifs is 1. The average molecular weight is 536 g/mol. The number of methoxy groups -OCH3 is 1. The number of para-hydroxylation sites is 1. The molecule has 10 heteroatoms. The fourth-order valence-electron chi connectivity index (χ4n) is 5.04. The fraction of sp³-hybridized carbons (Fsp3) is 0.200. The maximum absolute atomic E-state index is 12.8. The van der Waals surface area contributed by atoms with Crippen molar-refractivity contribution in [3.05, 3.63) is 83.6 Å². The first-order valence-corrected chi connectivity index (χ1v) is 13.1. The molecule has 10 nitrogen and oxygen atoms in total. The number of carbonyl (C=O) groups is 1. The number of carbonyl (C=O) groups excluding carboxylic acids is 1. The summed E-state index contributed by atoms with van der Waals surface area (Å²) in [6.07, 6.45) is 3.76. The van der Waals surface area contributed by atoms with Gasteiger partial charge in [-0.05, 0) is 73.9 Å². The Morgan fingerprint density at radius 2 is 1.90 bits per heavy atom. The van der Waals surface area contributed by atoms with Crippen LogP contribution in [0, 0.1) is 6.92 Å². The second-order valence-electron chi connectivity index (χ2n) is 9.67. The van der Waals surface area contributed by atoms with Crippen LogP contribution in [0.15, 0.2) is 71.8 Å². The number of nitrogens with zero attached hydrogens (tertiary/aromatic N) is 5. The van der Waals surface area contributed by atoms with Crippen LogP contribution in [0.5, 0.6) is 11.5 Å². The fourth-order valence-corrected chi connectivity index (χ4v) is 5.04. The second-order valence-corrected chi connectivity index (χ2v) is 9.67. The SMILES string of the molecule is COc1cc(C=NNC(=O)c2ccc3nc(-c4c(C)nn(-c5ccccc5)c4N4CCCC4)[nH]c3c2)ccc1O. The summed E-state index contributed by atoms with van der Waals surface area (Å²) in [5, 5.41) is 18.7. The van der Waals surface area contributed by atoms with Gasteiger partial charge in [0, 0.05) is 18.7 Å². The number of aromatic nitrogens is 4. The topological polar surface area (TPSA) is 121 Å². The van der Waals surface area contributed by atoms with Crippen LogP contribution in [0.25, 0.3) is 28.1 Å². The summed E-state index contributed by atoms with van der Waals surface area (Å²) < 4.78 is 7.11. The Morgan fingerprint density at radius 1 is 1.10 bits per heavy atom. The maximum Gasteiger partial charge on any atom is 0.271 e. The number of hydrogen-bond acceptors (Lipinski definition) is 7. The molecule has 0 aliphatic carbocycles. The predicted octanol–water partition coefficient (Wildman–Crippen LogP) is 4.80. The van der Waals surface area contributed by atoms with Crippen molar-refractivity contribution in [2.45, 2.75) is 19.8 Å². The predicted molar refractivity (Wildman–Crippen MR) is 155 cm³/mol. The Balaban J connectivity index is 1.29. The standard InChI is InChI=1S/C30H29N7O3/c1-19-27(30(36-14-6-7-15-36)37(35-19)22-8-4-3-5-9-22)28-32-23-12-11-21(17-24(23)33-28)29(39)34-31-18-20-10-13-25(38)26(16-20)40-2/h3-5,8-13,16-18,38H,6-7,14-15H2,1-2H3,(H,32,33)(H,34,39). The van der Waals surface area contributed by atoms with Gasteiger partial charge in [0.05, 0.1) is 41.3 Å². The summed E-state index contributed by atoms with van der Waals surface area (Å²) >= 11 is 0. The van der Waals surface area contributed by atoms with Gasteiger partial charge in [-0.3, -0.25) is 4.79 Å². The molecule has 6 rings (SSSR count). The van der Waals surface area contributed by atoms with E-state index >= 15 is 0 Å². The van der Waals surface area contributed by atoms with Gasteiger partial charge in [0.15, 0.2) is 11.5 Å². The molecule has 3 N–H and O–H groups in total. The molecule has 2 aromatic heterocycles. The summed E-state index contributed by atoms with van der Waals surface area (Å²) in [4.78, 5) is 23.5. The van der Waals surface area contributed by atoms with E-state index in [0.29, 0.717) is 22.7 Å². The van der Waals surface area contributed by atoms with Crippen molar-refractivity contribution in [3.63, 3.8) is 0 Å². The number of aryl methyl sites for hydroxylation is 1. The third-order valence-corrected chi connectivity index (χ3v) is 7.01. The minimum atomic E-state index is -0.356. The van der Waals surface area contributed by atoms with E-state index in [-0.39, 0.29) is 11.7 Å². The van der Waals surface area contributed by atoms with Gasteiger partial charge >= 0.3 is 0 Å². The van der Waals surface area contributed by atoms with Gasteiger partial charge in [-0.25, -0.2) is 15.1 Å². The highest BCUT2D eigenvalue weighted by Gasteiger charge is 2.27. The van der Waals surface area contributed by atoms with Gasteiger partial charge < -0.3 is 19.7 Å². The molecule has 0 spiro atoms. The lowest BCUT2D eigenvalue weighted by molar-refractivity contribution is 0.0955. The van der Waals surface area contributed by atoms with E-state index in [1.165, 1.54) is 19.4 Å². The van der Waals surface area contributed by atoms with Crippen molar-refractivity contribution in [2.24, 2.45) is 5.10 Å². The lowest BCUT2D eigenvalue weighted by atomic mass is 10.2. The number of H-pyrrole nitrogens is 1. The zero-order valence-corrected chi connectivity index (χ0v) is 22.3. The van der Waals surface area contributed by atoms with Gasteiger partial charge in [0.1, 0.15) is 11.6 Å². The summed E-state index contributed by atoms with van der Waals surface area (Å²) in [5.74, 6) is 1.75. The number of aromatic hydroxyl groups is 1. The number of nitrogens with one attached hydrogen (secondary N) is 2. The second kappa shape index (κ2) is 10.6. The Kier molecular flexibility index (Phi) is 6.65. The molecule has 0 radical (unpaired) electrons. The first-order valence-electron chi connectivity index (χ1n) is 13.1. The molecule has 40 heavy (non-hydrogen) atoms. The van der Waals surface area contributed by atoms with Gasteiger partial charge in [-0.15, -0.1) is 0 Å². The number of imidazole rings is 1. The number of phenolic OH excluding ortho intramolecular Hbond substituents is 1. The first-order chi connectivity index (χ1) is 19.5. The van der Waals surface area contributed by atoms with E-state index < -0.39 is 0 Å². The number of hydrogen-bond donors (Lipinski definition) is 3. The highest BCUT2D eigenvalue weighted by Crippen LogP contribution is 2.37. The van der Waals surface area contributed by atoms with Crippen molar-refractivity contribution < 1.29 is 14.6 Å². The van der Waals surface area contributed by atoms with Crippen molar-refractivity contribution >= 4 is 29.0 Å². The number of benzene rings is 3. The molecule has 1 aliphatic heterocycles. The van der Waals surface area contributed by atoms with Crippen LogP contribution < -0.4 is 15.1 Å². The molecule has 0 atom stereocenters. The molecule has 202 valence electrons. The highest BCUT2D eigenvalue weighted by molar-refractivity contribution is 5.98. The summed E-state index contributed by atoms with van der Waals surface area (Å²) in [7, 11) is 1.47. The summed E-state index contributed by atoms with van der Waals surface area (Å²) in [6, 6.07) is 20.3. The largest absolute Gasteiger partial charge is 0.504 e. The zero-order valence-electron chi connectivity index (χ0n) is 22.3. The van der Waals surface area contributed by atoms with Crippen molar-refractivity contribution in [3.8, 4) is 28.6 Å². The normalized spacial score (nSPS) is 13.4. The number of amides is 1. The van der Waals surface area contributed by atoms with Crippen LogP contribution in [0.4, 0.5) is 5.82 Å². The monoisotopic (exact) mass is 535 g/mol. The van der Waals surface area contributed by atoms with Crippen LogP contribution in [0.2, 0.25) is 0 Å². The minimum Gasteiger partial charge on any atom is -0.504 e. The molecule has 5 aromatic rings. The van der Waals surface area contributed by atoms with Crippen LogP contribution in [-0.4, -0.2) is 57.2 Å². The van der Waals surface area contributed by atoms with Crippen LogP contribution >= 0.6 is 0 Å². The van der Waals surface area contributed by atoms with Gasteiger partial charge in [0.25, 0.3) is 5.91 Å². The third kappa shape index (κ3) is 4.75. The van der Waals surface area contributed by atoms with Crippen molar-refractivity contribution in [2.75, 3.05) is 25.1 Å². The van der Waals surface area contributed by atoms with Crippen molar-refractivity contribution in [1.29, 1.82) is 0 Å². The number of hydrazone groups is 1. The molecule has 3 aromatic carbocycles.